The molecular formula is C22H24F2N6O. The van der Waals surface area contributed by atoms with Crippen molar-refractivity contribution in [2.45, 2.75) is 19.3 Å². The lowest BCUT2D eigenvalue weighted by Gasteiger charge is -2.34. The number of nitrogens with two attached hydrogens (primary N) is 2. The molecule has 0 atom stereocenters. The lowest BCUT2D eigenvalue weighted by atomic mass is 9.96. The fraction of sp³-hybridized carbons (Fsp3) is 0.318. The number of aliphatic imine (C=N–C) groups is 1. The molecule has 31 heavy (non-hydrogen) atoms. The average Bonchev–Trinajstić information content (AvgIpc) is 3.27. The van der Waals surface area contributed by atoms with E-state index in [1.165, 1.54) is 6.07 Å². The summed E-state index contributed by atoms with van der Waals surface area (Å²) in [5.74, 6) is -1.66. The highest BCUT2D eigenvalue weighted by molar-refractivity contribution is 6.45. The van der Waals surface area contributed by atoms with Crippen LogP contribution in [0, 0.1) is 17.6 Å². The van der Waals surface area contributed by atoms with Gasteiger partial charge in [0.1, 0.15) is 11.5 Å². The number of hydrogen-bond acceptors (Lipinski definition) is 6. The summed E-state index contributed by atoms with van der Waals surface area (Å²) >= 11 is 0. The number of piperidine rings is 1. The Balaban J connectivity index is 1.54. The zero-order valence-corrected chi connectivity index (χ0v) is 16.9. The van der Waals surface area contributed by atoms with Gasteiger partial charge < -0.3 is 21.7 Å². The quantitative estimate of drug-likeness (QED) is 0.681. The number of carbonyl (C=O) groups excluding carboxylic acids is 1. The SMILES string of the molecule is NCC1CCN(c2c(NC(=O)C3=NC(c4ccnc(N)c4)=CC3)ccc(F)c2F)CC1. The Morgan fingerprint density at radius 2 is 2.00 bits per heavy atom. The van der Waals surface area contributed by atoms with E-state index in [1.807, 2.05) is 6.08 Å². The largest absolute Gasteiger partial charge is 0.384 e. The molecule has 0 saturated carbocycles. The number of hydrogen-bond donors (Lipinski definition) is 3. The van der Waals surface area contributed by atoms with Crippen LogP contribution in [0.25, 0.3) is 5.70 Å². The highest BCUT2D eigenvalue weighted by Crippen LogP contribution is 2.34. The van der Waals surface area contributed by atoms with Crippen LogP contribution in [0.2, 0.25) is 0 Å². The molecule has 1 amide bonds. The average molecular weight is 426 g/mol. The summed E-state index contributed by atoms with van der Waals surface area (Å²) in [6.07, 6.45) is 5.28. The van der Waals surface area contributed by atoms with Crippen LogP contribution in [0.4, 0.5) is 26.0 Å². The van der Waals surface area contributed by atoms with E-state index >= 15 is 0 Å². The van der Waals surface area contributed by atoms with Crippen LogP contribution in [0.3, 0.4) is 0 Å². The zero-order chi connectivity index (χ0) is 22.0. The van der Waals surface area contributed by atoms with Gasteiger partial charge in [-0.1, -0.05) is 6.08 Å². The van der Waals surface area contributed by atoms with Gasteiger partial charge in [0.05, 0.1) is 17.1 Å². The molecule has 0 radical (unpaired) electrons. The number of allylic oxidation sites excluding steroid dienone is 1. The van der Waals surface area contributed by atoms with Crippen molar-refractivity contribution >= 4 is 34.5 Å². The Kier molecular flexibility index (Phi) is 5.94. The topological polar surface area (TPSA) is 110 Å². The lowest BCUT2D eigenvalue weighted by molar-refractivity contribution is -0.110. The Labute approximate surface area is 178 Å². The van der Waals surface area contributed by atoms with Crippen molar-refractivity contribution in [3.8, 4) is 0 Å². The molecular weight excluding hydrogens is 402 g/mol. The summed E-state index contributed by atoms with van der Waals surface area (Å²) in [6.45, 7) is 1.66. The number of amides is 1. The van der Waals surface area contributed by atoms with Gasteiger partial charge in [-0.25, -0.2) is 18.8 Å². The molecule has 2 aliphatic heterocycles. The highest BCUT2D eigenvalue weighted by atomic mass is 19.2. The molecule has 0 bridgehead atoms. The van der Waals surface area contributed by atoms with Gasteiger partial charge >= 0.3 is 0 Å². The number of anilines is 3. The first kappa shape index (κ1) is 20.9. The number of nitrogen functional groups attached to an aromatic ring is 1. The molecule has 1 saturated heterocycles. The fourth-order valence-electron chi connectivity index (χ4n) is 3.90. The summed E-state index contributed by atoms with van der Waals surface area (Å²) < 4.78 is 28.7. The maximum absolute atomic E-state index is 14.7. The van der Waals surface area contributed by atoms with Gasteiger partial charge in [0.15, 0.2) is 11.6 Å². The van der Waals surface area contributed by atoms with Gasteiger partial charge in [0.2, 0.25) is 0 Å². The first-order valence-electron chi connectivity index (χ1n) is 10.2. The number of halogens is 2. The van der Waals surface area contributed by atoms with E-state index < -0.39 is 17.5 Å². The van der Waals surface area contributed by atoms with Crippen molar-refractivity contribution in [2.75, 3.05) is 35.6 Å². The Hall–Kier alpha value is -3.33. The molecule has 1 fully saturated rings. The van der Waals surface area contributed by atoms with E-state index in [-0.39, 0.29) is 17.1 Å². The first-order chi connectivity index (χ1) is 15.0. The van der Waals surface area contributed by atoms with Crippen LogP contribution >= 0.6 is 0 Å². The number of nitrogens with one attached hydrogen (secondary N) is 1. The lowest BCUT2D eigenvalue weighted by Crippen LogP contribution is -2.37. The molecule has 1 aromatic heterocycles. The van der Waals surface area contributed by atoms with E-state index in [2.05, 4.69) is 15.3 Å². The van der Waals surface area contributed by atoms with Crippen LogP contribution in [0.15, 0.2) is 41.5 Å². The third-order valence-corrected chi connectivity index (χ3v) is 5.66. The van der Waals surface area contributed by atoms with Crippen LogP contribution in [-0.2, 0) is 4.79 Å². The van der Waals surface area contributed by atoms with Crippen molar-refractivity contribution < 1.29 is 13.6 Å². The van der Waals surface area contributed by atoms with Crippen molar-refractivity contribution in [1.82, 2.24) is 4.98 Å². The molecule has 2 aromatic rings. The van der Waals surface area contributed by atoms with Crippen molar-refractivity contribution in [3.05, 3.63) is 53.7 Å². The van der Waals surface area contributed by atoms with Crippen molar-refractivity contribution in [2.24, 2.45) is 16.6 Å². The molecule has 1 aromatic carbocycles. The monoisotopic (exact) mass is 426 g/mol. The molecule has 162 valence electrons. The Bertz CT molecular complexity index is 1060. The first-order valence-corrected chi connectivity index (χ1v) is 10.2. The maximum Gasteiger partial charge on any atom is 0.270 e. The molecule has 7 nitrogen and oxygen atoms in total. The van der Waals surface area contributed by atoms with Crippen LogP contribution in [0.1, 0.15) is 24.8 Å². The van der Waals surface area contributed by atoms with Crippen LogP contribution in [-0.4, -0.2) is 36.2 Å². The highest BCUT2D eigenvalue weighted by Gasteiger charge is 2.26. The van der Waals surface area contributed by atoms with Crippen molar-refractivity contribution in [3.63, 3.8) is 0 Å². The Morgan fingerprint density at radius 3 is 2.71 bits per heavy atom. The second-order valence-electron chi connectivity index (χ2n) is 7.70. The molecule has 0 aliphatic carbocycles. The van der Waals surface area contributed by atoms with E-state index in [4.69, 9.17) is 11.5 Å². The number of rotatable bonds is 5. The summed E-state index contributed by atoms with van der Waals surface area (Å²) in [7, 11) is 0. The Morgan fingerprint density at radius 1 is 1.23 bits per heavy atom. The third-order valence-electron chi connectivity index (χ3n) is 5.66. The molecule has 4 rings (SSSR count). The maximum atomic E-state index is 14.7. The fourth-order valence-corrected chi connectivity index (χ4v) is 3.90. The minimum absolute atomic E-state index is 0.0671. The second-order valence-corrected chi connectivity index (χ2v) is 7.70. The predicted molar refractivity (Wildman–Crippen MR) is 118 cm³/mol. The summed E-state index contributed by atoms with van der Waals surface area (Å²) in [5.41, 5.74) is 13.4. The molecule has 9 heteroatoms. The van der Waals surface area contributed by atoms with Gasteiger partial charge in [-0.2, -0.15) is 0 Å². The van der Waals surface area contributed by atoms with E-state index in [1.54, 1.807) is 23.2 Å². The van der Waals surface area contributed by atoms with Gasteiger partial charge in [-0.05, 0) is 49.6 Å². The number of nitrogens with zero attached hydrogens (tertiary/aromatic N) is 3. The number of aromatic nitrogens is 1. The van der Waals surface area contributed by atoms with Gasteiger partial charge in [0, 0.05) is 31.3 Å². The molecule has 3 heterocycles. The van der Waals surface area contributed by atoms with Crippen molar-refractivity contribution in [1.29, 1.82) is 0 Å². The molecule has 0 spiro atoms. The zero-order valence-electron chi connectivity index (χ0n) is 16.9. The minimum atomic E-state index is -0.969. The third kappa shape index (κ3) is 4.41. The summed E-state index contributed by atoms with van der Waals surface area (Å²) in [4.78, 5) is 22.9. The van der Waals surface area contributed by atoms with Gasteiger partial charge in [0.25, 0.3) is 5.91 Å². The number of carbonyl (C=O) groups is 1. The number of benzene rings is 1. The van der Waals surface area contributed by atoms with E-state index in [0.29, 0.717) is 43.5 Å². The summed E-state index contributed by atoms with van der Waals surface area (Å²) in [5, 5.41) is 2.71. The van der Waals surface area contributed by atoms with Gasteiger partial charge in [-0.3, -0.25) is 4.79 Å². The smallest absolute Gasteiger partial charge is 0.270 e. The standard InChI is InChI=1S/C22H24F2N6O/c23-15-1-2-17(21(20(15)24)30-9-6-13(12-25)7-10-30)29-22(31)18-4-3-16(28-18)14-5-8-27-19(26)11-14/h1-3,5,8,11,13H,4,6-7,9-10,12,25H2,(H2,26,27)(H,29,31). The van der Waals surface area contributed by atoms with Crippen LogP contribution < -0.4 is 21.7 Å². The van der Waals surface area contributed by atoms with E-state index in [0.717, 1.165) is 24.5 Å². The minimum Gasteiger partial charge on any atom is -0.384 e. The van der Waals surface area contributed by atoms with E-state index in [9.17, 15) is 13.6 Å². The molecule has 2 aliphatic rings. The normalized spacial score (nSPS) is 16.8. The number of pyridine rings is 1. The summed E-state index contributed by atoms with van der Waals surface area (Å²) in [6, 6.07) is 5.83. The molecule has 0 unspecified atom stereocenters. The van der Waals surface area contributed by atoms with Gasteiger partial charge in [-0.15, -0.1) is 0 Å². The molecule has 5 N–H and O–H groups in total. The predicted octanol–water partition coefficient (Wildman–Crippen LogP) is 2.94. The van der Waals surface area contributed by atoms with Crippen LogP contribution in [0.5, 0.6) is 0 Å². The second kappa shape index (κ2) is 8.81.